The average Bonchev–Trinajstić information content (AvgIpc) is 3.39. The number of thioether (sulfide) groups is 1. The summed E-state index contributed by atoms with van der Waals surface area (Å²) >= 11 is 1.90. The molecule has 2 heterocycles. The molecule has 4 rings (SSSR count). The first kappa shape index (κ1) is 15.5. The summed E-state index contributed by atoms with van der Waals surface area (Å²) < 4.78 is 5.26. The molecule has 24 heavy (non-hydrogen) atoms. The monoisotopic (exact) mass is 344 g/mol. The van der Waals surface area contributed by atoms with Gasteiger partial charge in [0.15, 0.2) is 5.82 Å². The molecule has 1 aromatic heterocycles. The lowest BCUT2D eigenvalue weighted by atomic mass is 10.1. The maximum atomic E-state index is 12.6. The number of benzene rings is 1. The van der Waals surface area contributed by atoms with Crippen molar-refractivity contribution in [2.24, 2.45) is 0 Å². The molecule has 1 amide bonds. The first-order valence-corrected chi connectivity index (χ1v) is 9.48. The first-order chi connectivity index (χ1) is 11.8. The lowest BCUT2D eigenvalue weighted by Crippen LogP contribution is -2.37. The number of carbonyl (C=O) groups excluding carboxylic acids is 1. The molecule has 0 bridgehead atoms. The van der Waals surface area contributed by atoms with Crippen LogP contribution in [0.25, 0.3) is 0 Å². The second-order valence-electron chi connectivity index (χ2n) is 6.16. The predicted molar refractivity (Wildman–Crippen MR) is 93.3 cm³/mol. The molecule has 1 aliphatic carbocycles. The predicted octanol–water partition coefficient (Wildman–Crippen LogP) is 2.75. The largest absolute Gasteiger partial charge is 0.376 e. The Bertz CT molecular complexity index is 723. The van der Waals surface area contributed by atoms with Gasteiger partial charge in [0, 0.05) is 41.8 Å². The van der Waals surface area contributed by atoms with Gasteiger partial charge < -0.3 is 14.7 Å². The summed E-state index contributed by atoms with van der Waals surface area (Å²) in [6.45, 7) is 2.12. The Morgan fingerprint density at radius 1 is 1.33 bits per heavy atom. The number of amides is 1. The lowest BCUT2D eigenvalue weighted by molar-refractivity contribution is 0.0772. The van der Waals surface area contributed by atoms with Crippen LogP contribution >= 0.6 is 11.8 Å². The summed E-state index contributed by atoms with van der Waals surface area (Å²) in [5, 5.41) is 7.27. The Labute approximate surface area is 145 Å². The van der Waals surface area contributed by atoms with E-state index in [0.29, 0.717) is 18.4 Å². The molecule has 2 aliphatic rings. The van der Waals surface area contributed by atoms with Gasteiger partial charge in [-0.1, -0.05) is 11.2 Å². The van der Waals surface area contributed by atoms with Crippen LogP contribution < -0.4 is 5.32 Å². The molecule has 0 unspecified atom stereocenters. The van der Waals surface area contributed by atoms with E-state index >= 15 is 0 Å². The number of rotatable bonds is 5. The summed E-state index contributed by atoms with van der Waals surface area (Å²) in [6.07, 6.45) is 2.32. The summed E-state index contributed by atoms with van der Waals surface area (Å²) in [7, 11) is 0. The highest BCUT2D eigenvalue weighted by molar-refractivity contribution is 7.99. The average molecular weight is 344 g/mol. The van der Waals surface area contributed by atoms with Crippen LogP contribution in [0.3, 0.4) is 0 Å². The van der Waals surface area contributed by atoms with E-state index < -0.39 is 0 Å². The zero-order valence-corrected chi connectivity index (χ0v) is 14.2. The van der Waals surface area contributed by atoms with E-state index in [4.69, 9.17) is 4.52 Å². The minimum atomic E-state index is 0.104. The Kier molecular flexibility index (Phi) is 4.42. The van der Waals surface area contributed by atoms with Crippen molar-refractivity contribution in [2.45, 2.75) is 25.3 Å². The van der Waals surface area contributed by atoms with Crippen LogP contribution in [-0.2, 0) is 6.54 Å². The number of hydrogen-bond acceptors (Lipinski definition) is 6. The fourth-order valence-electron chi connectivity index (χ4n) is 2.74. The Morgan fingerprint density at radius 2 is 2.17 bits per heavy atom. The van der Waals surface area contributed by atoms with E-state index in [1.807, 2.05) is 40.9 Å². The number of nitrogens with one attached hydrogen (secondary N) is 1. The van der Waals surface area contributed by atoms with Gasteiger partial charge in [-0.25, -0.2) is 0 Å². The number of nitrogens with zero attached hydrogens (tertiary/aromatic N) is 3. The van der Waals surface area contributed by atoms with Crippen molar-refractivity contribution in [3.05, 3.63) is 41.5 Å². The van der Waals surface area contributed by atoms with Gasteiger partial charge in [-0.15, -0.1) is 0 Å². The molecule has 1 aromatic carbocycles. The molecule has 126 valence electrons. The Hall–Kier alpha value is -2.02. The maximum absolute atomic E-state index is 12.6. The van der Waals surface area contributed by atoms with E-state index in [0.717, 1.165) is 54.5 Å². The third-order valence-electron chi connectivity index (χ3n) is 4.28. The van der Waals surface area contributed by atoms with Crippen LogP contribution in [0.1, 0.15) is 40.8 Å². The molecule has 0 radical (unpaired) electrons. The number of hydrogen-bond donors (Lipinski definition) is 1. The third-order valence-corrected chi connectivity index (χ3v) is 5.22. The van der Waals surface area contributed by atoms with Gasteiger partial charge >= 0.3 is 0 Å². The van der Waals surface area contributed by atoms with Gasteiger partial charge in [0.25, 0.3) is 5.91 Å². The van der Waals surface area contributed by atoms with Crippen molar-refractivity contribution < 1.29 is 9.32 Å². The van der Waals surface area contributed by atoms with Crippen molar-refractivity contribution in [1.29, 1.82) is 0 Å². The zero-order chi connectivity index (χ0) is 16.4. The molecule has 2 aromatic rings. The highest BCUT2D eigenvalue weighted by Gasteiger charge is 2.28. The lowest BCUT2D eigenvalue weighted by Gasteiger charge is -2.26. The van der Waals surface area contributed by atoms with Crippen LogP contribution in [0.4, 0.5) is 5.69 Å². The van der Waals surface area contributed by atoms with Crippen LogP contribution in [0.2, 0.25) is 0 Å². The number of anilines is 1. The summed E-state index contributed by atoms with van der Waals surface area (Å²) in [5.74, 6) is 4.04. The van der Waals surface area contributed by atoms with Gasteiger partial charge in [-0.2, -0.15) is 16.7 Å². The van der Waals surface area contributed by atoms with Crippen molar-refractivity contribution in [3.63, 3.8) is 0 Å². The molecule has 0 atom stereocenters. The smallest absolute Gasteiger partial charge is 0.253 e. The molecule has 7 heteroatoms. The summed E-state index contributed by atoms with van der Waals surface area (Å²) in [5.41, 5.74) is 1.61. The van der Waals surface area contributed by atoms with Gasteiger partial charge in [0.05, 0.1) is 6.54 Å². The van der Waals surface area contributed by atoms with Gasteiger partial charge in [-0.3, -0.25) is 4.79 Å². The topological polar surface area (TPSA) is 71.3 Å². The normalized spacial score (nSPS) is 17.8. The van der Waals surface area contributed by atoms with E-state index in [1.54, 1.807) is 0 Å². The molecule has 1 aliphatic heterocycles. The van der Waals surface area contributed by atoms with E-state index in [2.05, 4.69) is 15.5 Å². The number of carbonyl (C=O) groups is 1. The highest BCUT2D eigenvalue weighted by atomic mass is 32.2. The maximum Gasteiger partial charge on any atom is 0.253 e. The van der Waals surface area contributed by atoms with Crippen LogP contribution in [0, 0.1) is 0 Å². The Balaban J connectivity index is 1.39. The van der Waals surface area contributed by atoms with Gasteiger partial charge in [0.1, 0.15) is 0 Å². The van der Waals surface area contributed by atoms with Crippen molar-refractivity contribution in [1.82, 2.24) is 15.0 Å². The molecule has 1 N–H and O–H groups in total. The molecular formula is C17H20N4O2S. The number of aromatic nitrogens is 2. The molecule has 2 fully saturated rings. The van der Waals surface area contributed by atoms with Gasteiger partial charge in [-0.05, 0) is 31.0 Å². The zero-order valence-electron chi connectivity index (χ0n) is 13.4. The van der Waals surface area contributed by atoms with Crippen molar-refractivity contribution >= 4 is 23.4 Å². The van der Waals surface area contributed by atoms with Crippen molar-refractivity contribution in [3.8, 4) is 0 Å². The van der Waals surface area contributed by atoms with E-state index in [9.17, 15) is 4.79 Å². The summed E-state index contributed by atoms with van der Waals surface area (Å²) in [4.78, 5) is 18.9. The van der Waals surface area contributed by atoms with E-state index in [-0.39, 0.29) is 5.91 Å². The van der Waals surface area contributed by atoms with Crippen molar-refractivity contribution in [2.75, 3.05) is 29.9 Å². The minimum absolute atomic E-state index is 0.104. The fourth-order valence-corrected chi connectivity index (χ4v) is 3.64. The molecule has 1 saturated carbocycles. The molecule has 0 spiro atoms. The minimum Gasteiger partial charge on any atom is -0.376 e. The second-order valence-corrected chi connectivity index (χ2v) is 7.38. The molecular weight excluding hydrogens is 324 g/mol. The SMILES string of the molecule is O=C(c1cccc(NCc2nc(C3CC3)no2)c1)N1CCSCC1. The van der Waals surface area contributed by atoms with Crippen LogP contribution in [0.15, 0.2) is 28.8 Å². The highest BCUT2D eigenvalue weighted by Crippen LogP contribution is 2.38. The van der Waals surface area contributed by atoms with Gasteiger partial charge in [0.2, 0.25) is 5.89 Å². The summed E-state index contributed by atoms with van der Waals surface area (Å²) in [6, 6.07) is 7.61. The fraction of sp³-hybridized carbons (Fsp3) is 0.471. The van der Waals surface area contributed by atoms with Crippen LogP contribution in [0.5, 0.6) is 0 Å². The second kappa shape index (κ2) is 6.84. The quantitative estimate of drug-likeness (QED) is 0.899. The first-order valence-electron chi connectivity index (χ1n) is 8.33. The Morgan fingerprint density at radius 3 is 2.96 bits per heavy atom. The molecule has 1 saturated heterocycles. The third kappa shape index (κ3) is 3.56. The van der Waals surface area contributed by atoms with E-state index in [1.165, 1.54) is 0 Å². The molecule has 6 nitrogen and oxygen atoms in total. The van der Waals surface area contributed by atoms with Crippen LogP contribution in [-0.4, -0.2) is 45.5 Å². The standard InChI is InChI=1S/C17H20N4O2S/c22-17(21-6-8-24-9-7-21)13-2-1-3-14(10-13)18-11-15-19-16(20-23-15)12-4-5-12/h1-3,10,12,18H,4-9,11H2.